The van der Waals surface area contributed by atoms with Crippen LogP contribution in [0.2, 0.25) is 0 Å². The van der Waals surface area contributed by atoms with Crippen molar-refractivity contribution < 1.29 is 74.7 Å². The predicted octanol–water partition coefficient (Wildman–Crippen LogP) is -1.48. The van der Waals surface area contributed by atoms with E-state index in [0.717, 1.165) is 6.07 Å². The topological polar surface area (TPSA) is 248 Å². The number of phenolic OH excluding ortho intramolecular Hbond substituents is 4. The summed E-state index contributed by atoms with van der Waals surface area (Å²) in [4.78, 5) is 0. The normalized spacial score (nSPS) is 34.4. The number of aliphatic hydroxyl groups excluding tert-OH is 6. The van der Waals surface area contributed by atoms with Crippen molar-refractivity contribution in [3.05, 3.63) is 47.2 Å². The van der Waals surface area contributed by atoms with Crippen LogP contribution in [-0.2, 0) is 25.4 Å². The number of hydrogen-bond acceptors (Lipinski definition) is 15. The molecule has 0 amide bonds. The Kier molecular flexibility index (Phi) is 8.89. The van der Waals surface area contributed by atoms with Gasteiger partial charge in [-0.3, -0.25) is 0 Å². The van der Waals surface area contributed by atoms with Crippen LogP contribution in [0.4, 0.5) is 0 Å². The number of benzene rings is 2. The Balaban J connectivity index is 1.35. The van der Waals surface area contributed by atoms with E-state index in [1.54, 1.807) is 0 Å². The average Bonchev–Trinajstić information content (AvgIpc) is 2.97. The molecule has 0 aliphatic carbocycles. The number of fused-ring (bicyclic) bond motifs is 1. The third-order valence-electron chi connectivity index (χ3n) is 7.65. The second-order valence-corrected chi connectivity index (χ2v) is 10.7. The smallest absolute Gasteiger partial charge is 0.228 e. The van der Waals surface area contributed by atoms with Crippen LogP contribution in [0.3, 0.4) is 0 Å². The lowest BCUT2D eigenvalue weighted by atomic mass is 9.96. The zero-order chi connectivity index (χ0) is 31.2. The highest BCUT2D eigenvalue weighted by Gasteiger charge is 2.47. The Morgan fingerprint density at radius 1 is 0.721 bits per heavy atom. The van der Waals surface area contributed by atoms with Gasteiger partial charge in [-0.05, 0) is 25.1 Å². The summed E-state index contributed by atoms with van der Waals surface area (Å²) in [6, 6.07) is 6.10. The Bertz CT molecular complexity index is 1350. The van der Waals surface area contributed by atoms with E-state index < -0.39 is 72.7 Å². The molecule has 2 fully saturated rings. The molecule has 15 nitrogen and oxygen atoms in total. The maximum atomic E-state index is 10.7. The van der Waals surface area contributed by atoms with Crippen molar-refractivity contribution >= 4 is 5.76 Å². The van der Waals surface area contributed by atoms with E-state index in [0.29, 0.717) is 0 Å². The summed E-state index contributed by atoms with van der Waals surface area (Å²) in [5.74, 6) is -1.50. The van der Waals surface area contributed by atoms with Crippen molar-refractivity contribution in [3.63, 3.8) is 0 Å². The first-order chi connectivity index (χ1) is 20.3. The quantitative estimate of drug-likeness (QED) is 0.161. The Hall–Kier alpha value is -3.38. The molecule has 2 aromatic rings. The van der Waals surface area contributed by atoms with Crippen LogP contribution in [0.25, 0.3) is 5.76 Å². The van der Waals surface area contributed by atoms with Gasteiger partial charge < -0.3 is 74.7 Å². The van der Waals surface area contributed by atoms with Gasteiger partial charge >= 0.3 is 0 Å². The first-order valence-corrected chi connectivity index (χ1v) is 13.5. The zero-order valence-corrected chi connectivity index (χ0v) is 22.8. The number of ether oxygens (including phenoxy) is 5. The maximum Gasteiger partial charge on any atom is 0.228 e. The molecular weight excluding hydrogens is 576 g/mol. The Morgan fingerprint density at radius 3 is 2.05 bits per heavy atom. The molecule has 9 unspecified atom stereocenters. The number of aromatic hydroxyl groups is 4. The Labute approximate surface area is 244 Å². The fourth-order valence-corrected chi connectivity index (χ4v) is 5.14. The third kappa shape index (κ3) is 6.17. The van der Waals surface area contributed by atoms with E-state index in [1.807, 2.05) is 0 Å². The molecule has 15 heteroatoms. The first kappa shape index (κ1) is 31.1. The number of hydrogen-bond donors (Lipinski definition) is 10. The molecule has 10 N–H and O–H groups in total. The number of phenols is 4. The van der Waals surface area contributed by atoms with Crippen LogP contribution in [0.15, 0.2) is 36.1 Å². The van der Waals surface area contributed by atoms with Crippen LogP contribution in [0, 0.1) is 0 Å². The lowest BCUT2D eigenvalue weighted by Crippen LogP contribution is -2.60. The standard InChI is InChI=1S/C28H34O15/c1-10-21(33)24(36)22(34)19(40-10)8-39-9-20-23(35)25(37)26(38)28(43-20)42-18-7-13-15(31)5-12(29)6-17(13)41-27(18)11-2-3-14(30)16(32)4-11/h2-6,10,19-26,28-38H,7-9H2,1H3/t10?,19?,20?,21?,22?,23?,24?,25?,26?,28-/m1/s1. The lowest BCUT2D eigenvalue weighted by molar-refractivity contribution is -0.296. The van der Waals surface area contributed by atoms with Crippen LogP contribution >= 0.6 is 0 Å². The van der Waals surface area contributed by atoms with Gasteiger partial charge in [-0.1, -0.05) is 0 Å². The van der Waals surface area contributed by atoms with E-state index in [2.05, 4.69) is 0 Å². The number of rotatable bonds is 7. The predicted molar refractivity (Wildman–Crippen MR) is 142 cm³/mol. The summed E-state index contributed by atoms with van der Waals surface area (Å²) in [6.45, 7) is 0.864. The van der Waals surface area contributed by atoms with Gasteiger partial charge in [0.25, 0.3) is 0 Å². The molecule has 43 heavy (non-hydrogen) atoms. The van der Waals surface area contributed by atoms with Gasteiger partial charge in [0.2, 0.25) is 6.29 Å². The average molecular weight is 611 g/mol. The fraction of sp³-hybridized carbons (Fsp3) is 0.500. The SMILES string of the molecule is CC1OC(COCC2O[C@@H](OC3=C(c4ccc(O)c(O)c4)Oc4cc(O)cc(O)c4C3)C(O)C(O)C2O)C(O)C(O)C1O. The summed E-state index contributed by atoms with van der Waals surface area (Å²) < 4.78 is 28.6. The van der Waals surface area contributed by atoms with Crippen molar-refractivity contribution in [3.8, 4) is 28.7 Å². The summed E-state index contributed by atoms with van der Waals surface area (Å²) in [7, 11) is 0. The number of allylic oxidation sites excluding steroid dienone is 1. The minimum Gasteiger partial charge on any atom is -0.508 e. The van der Waals surface area contributed by atoms with Crippen LogP contribution in [0.5, 0.6) is 28.7 Å². The molecule has 0 aromatic heterocycles. The van der Waals surface area contributed by atoms with Gasteiger partial charge in [-0.15, -0.1) is 0 Å². The molecule has 236 valence electrons. The van der Waals surface area contributed by atoms with Crippen LogP contribution < -0.4 is 4.74 Å². The molecule has 0 spiro atoms. The van der Waals surface area contributed by atoms with Gasteiger partial charge in [0.1, 0.15) is 71.8 Å². The van der Waals surface area contributed by atoms with Gasteiger partial charge in [0.05, 0.1) is 19.3 Å². The summed E-state index contributed by atoms with van der Waals surface area (Å²) in [6.07, 6.45) is -14.2. The van der Waals surface area contributed by atoms with E-state index in [9.17, 15) is 51.1 Å². The second kappa shape index (κ2) is 12.3. The minimum atomic E-state index is -1.77. The van der Waals surface area contributed by atoms with Gasteiger partial charge in [0, 0.05) is 29.7 Å². The molecule has 0 bridgehead atoms. The largest absolute Gasteiger partial charge is 0.508 e. The summed E-state index contributed by atoms with van der Waals surface area (Å²) in [5.41, 5.74) is 0.412. The van der Waals surface area contributed by atoms with E-state index in [1.165, 1.54) is 31.2 Å². The molecule has 0 saturated carbocycles. The first-order valence-electron chi connectivity index (χ1n) is 13.5. The lowest BCUT2D eigenvalue weighted by Gasteiger charge is -2.41. The van der Waals surface area contributed by atoms with Crippen LogP contribution in [0.1, 0.15) is 18.1 Å². The molecule has 2 saturated heterocycles. The molecular formula is C28H34O15. The zero-order valence-electron chi connectivity index (χ0n) is 22.8. The maximum absolute atomic E-state index is 10.7. The van der Waals surface area contributed by atoms with Crippen molar-refractivity contribution in [2.24, 2.45) is 0 Å². The monoisotopic (exact) mass is 610 g/mol. The summed E-state index contributed by atoms with van der Waals surface area (Å²) >= 11 is 0. The van der Waals surface area contributed by atoms with Crippen molar-refractivity contribution in [2.45, 2.75) is 74.6 Å². The highest BCUT2D eigenvalue weighted by molar-refractivity contribution is 5.71. The van der Waals surface area contributed by atoms with E-state index in [-0.39, 0.29) is 59.5 Å². The highest BCUT2D eigenvalue weighted by Crippen LogP contribution is 2.43. The van der Waals surface area contributed by atoms with Gasteiger partial charge in [-0.25, -0.2) is 0 Å². The molecule has 10 atom stereocenters. The van der Waals surface area contributed by atoms with Gasteiger partial charge in [-0.2, -0.15) is 0 Å². The highest BCUT2D eigenvalue weighted by atomic mass is 16.7. The summed E-state index contributed by atoms with van der Waals surface area (Å²) in [5, 5.41) is 102. The van der Waals surface area contributed by atoms with Crippen LogP contribution in [-0.4, -0.2) is 126 Å². The minimum absolute atomic E-state index is 0.0321. The number of aliphatic hydroxyl groups is 6. The second-order valence-electron chi connectivity index (χ2n) is 10.7. The van der Waals surface area contributed by atoms with Crippen molar-refractivity contribution in [1.29, 1.82) is 0 Å². The Morgan fingerprint density at radius 2 is 1.37 bits per heavy atom. The molecule has 3 aliphatic rings. The van der Waals surface area contributed by atoms with E-state index in [4.69, 9.17) is 23.7 Å². The fourth-order valence-electron chi connectivity index (χ4n) is 5.14. The molecule has 3 heterocycles. The third-order valence-corrected chi connectivity index (χ3v) is 7.65. The molecule has 5 rings (SSSR count). The molecule has 3 aliphatic heterocycles. The molecule has 2 aromatic carbocycles. The van der Waals surface area contributed by atoms with Crippen molar-refractivity contribution in [2.75, 3.05) is 13.2 Å². The van der Waals surface area contributed by atoms with Crippen molar-refractivity contribution in [1.82, 2.24) is 0 Å². The molecule has 0 radical (unpaired) electrons. The van der Waals surface area contributed by atoms with E-state index >= 15 is 0 Å². The van der Waals surface area contributed by atoms with Gasteiger partial charge in [0.15, 0.2) is 17.3 Å².